The van der Waals surface area contributed by atoms with Crippen LogP contribution in [0.5, 0.6) is 0 Å². The van der Waals surface area contributed by atoms with Gasteiger partial charge in [-0.25, -0.2) is 24.0 Å². The number of halogens is 3. The van der Waals surface area contributed by atoms with Crippen LogP contribution in [-0.2, 0) is 4.79 Å². The molecule has 0 unspecified atom stereocenters. The second-order valence-electron chi connectivity index (χ2n) is 8.10. The summed E-state index contributed by atoms with van der Waals surface area (Å²) in [7, 11) is 0. The number of carbonyl (C=O) groups excluding carboxylic acids is 1. The van der Waals surface area contributed by atoms with Crippen LogP contribution in [0.4, 0.5) is 30.4 Å². The fourth-order valence-corrected chi connectivity index (χ4v) is 4.26. The SMILES string of the molecule is N/C(=C\N(N)c1cnc(N2CC3CC2C3)c(F)c1)C(=O)Nc1c[nH]c2cc(F)c(F)cc12. The normalized spacial score (nSPS) is 19.9. The molecule has 4 heterocycles. The molecule has 1 aliphatic carbocycles. The van der Waals surface area contributed by atoms with E-state index in [0.717, 1.165) is 42.7 Å². The zero-order valence-corrected chi connectivity index (χ0v) is 16.8. The number of nitrogens with zero attached hydrogens (tertiary/aromatic N) is 3. The number of rotatable bonds is 5. The Hall–Kier alpha value is -3.73. The maximum atomic E-state index is 14.6. The Balaban J connectivity index is 1.30. The predicted molar refractivity (Wildman–Crippen MR) is 114 cm³/mol. The molecule has 2 aromatic heterocycles. The van der Waals surface area contributed by atoms with Gasteiger partial charge in [-0.2, -0.15) is 0 Å². The Bertz CT molecular complexity index is 1250. The molecule has 0 spiro atoms. The van der Waals surface area contributed by atoms with E-state index in [1.807, 2.05) is 4.90 Å². The molecule has 3 fully saturated rings. The van der Waals surface area contributed by atoms with Gasteiger partial charge in [0.05, 0.1) is 29.3 Å². The number of carbonyl (C=O) groups is 1. The molecule has 8 nitrogen and oxygen atoms in total. The maximum Gasteiger partial charge on any atom is 0.273 e. The fraction of sp³-hybridized carbons (Fsp3) is 0.238. The van der Waals surface area contributed by atoms with Gasteiger partial charge in [0.1, 0.15) is 5.70 Å². The first kappa shape index (κ1) is 20.2. The summed E-state index contributed by atoms with van der Waals surface area (Å²) in [5.41, 5.74) is 6.26. The van der Waals surface area contributed by atoms with Crippen LogP contribution >= 0.6 is 0 Å². The molecule has 0 atom stereocenters. The van der Waals surface area contributed by atoms with Crippen molar-refractivity contribution in [2.75, 3.05) is 21.8 Å². The molecule has 1 saturated carbocycles. The zero-order chi connectivity index (χ0) is 22.6. The number of H-pyrrole nitrogens is 1. The molecule has 6 N–H and O–H groups in total. The quantitative estimate of drug-likeness (QED) is 0.274. The Labute approximate surface area is 180 Å². The molecule has 3 aliphatic rings. The lowest BCUT2D eigenvalue weighted by atomic mass is 9.86. The molecule has 166 valence electrons. The lowest BCUT2D eigenvalue weighted by Crippen LogP contribution is -2.31. The summed E-state index contributed by atoms with van der Waals surface area (Å²) in [4.78, 5) is 21.4. The van der Waals surface area contributed by atoms with Crippen molar-refractivity contribution in [2.24, 2.45) is 17.5 Å². The summed E-state index contributed by atoms with van der Waals surface area (Å²) >= 11 is 0. The Morgan fingerprint density at radius 1 is 1.22 bits per heavy atom. The number of hydrogen-bond acceptors (Lipinski definition) is 6. The molecule has 6 rings (SSSR count). The number of fused-ring (bicyclic) bond motifs is 2. The zero-order valence-electron chi connectivity index (χ0n) is 16.8. The van der Waals surface area contributed by atoms with Gasteiger partial charge < -0.3 is 20.9 Å². The average Bonchev–Trinajstić information content (AvgIpc) is 3.43. The highest BCUT2D eigenvalue weighted by atomic mass is 19.2. The van der Waals surface area contributed by atoms with Crippen LogP contribution in [0.2, 0.25) is 0 Å². The lowest BCUT2D eigenvalue weighted by molar-refractivity contribution is -0.112. The number of amides is 1. The molecule has 1 aromatic carbocycles. The topological polar surface area (TPSA) is 116 Å². The molecule has 2 saturated heterocycles. The smallest absolute Gasteiger partial charge is 0.273 e. The van der Waals surface area contributed by atoms with Crippen molar-refractivity contribution in [3.63, 3.8) is 0 Å². The van der Waals surface area contributed by atoms with E-state index in [9.17, 15) is 18.0 Å². The molecule has 2 aliphatic heterocycles. The average molecular weight is 443 g/mol. The highest BCUT2D eigenvalue weighted by Gasteiger charge is 2.44. The minimum absolute atomic E-state index is 0.207. The van der Waals surface area contributed by atoms with E-state index in [-0.39, 0.29) is 22.5 Å². The van der Waals surface area contributed by atoms with E-state index >= 15 is 0 Å². The Kier molecular flexibility index (Phi) is 4.70. The van der Waals surface area contributed by atoms with Crippen LogP contribution in [-0.4, -0.2) is 28.5 Å². The van der Waals surface area contributed by atoms with Crippen molar-refractivity contribution in [3.05, 3.63) is 59.9 Å². The number of hydrogen-bond donors (Lipinski definition) is 4. The van der Waals surface area contributed by atoms with Crippen LogP contribution < -0.4 is 26.8 Å². The van der Waals surface area contributed by atoms with Crippen LogP contribution in [0.3, 0.4) is 0 Å². The van der Waals surface area contributed by atoms with Gasteiger partial charge in [-0.05, 0) is 24.8 Å². The number of hydrazine groups is 1. The maximum absolute atomic E-state index is 14.6. The standard InChI is InChI=1S/C21H20F3N7O/c22-14-4-13-18(5-15(14)23)27-7-19(13)29-21(32)17(25)9-31(26)12-3-16(24)20(28-6-12)30-8-10-1-11(30)2-10/h3-7,9-11,27H,1-2,8,25-26H2,(H,29,32)/b17-9-. The van der Waals surface area contributed by atoms with Crippen LogP contribution in [0, 0.1) is 23.4 Å². The summed E-state index contributed by atoms with van der Waals surface area (Å²) < 4.78 is 41.5. The van der Waals surface area contributed by atoms with Gasteiger partial charge in [0, 0.05) is 36.3 Å². The fourth-order valence-electron chi connectivity index (χ4n) is 4.26. The van der Waals surface area contributed by atoms with E-state index in [2.05, 4.69) is 15.3 Å². The number of aromatic amines is 1. The van der Waals surface area contributed by atoms with Gasteiger partial charge in [0.2, 0.25) is 0 Å². The van der Waals surface area contributed by atoms with E-state index in [4.69, 9.17) is 11.6 Å². The number of pyridine rings is 1. The third-order valence-electron chi connectivity index (χ3n) is 6.00. The first-order valence-electron chi connectivity index (χ1n) is 10.0. The highest BCUT2D eigenvalue weighted by Crippen LogP contribution is 2.43. The molecule has 0 radical (unpaired) electrons. The van der Waals surface area contributed by atoms with Crippen molar-refractivity contribution >= 4 is 34.0 Å². The van der Waals surface area contributed by atoms with Crippen molar-refractivity contribution in [1.82, 2.24) is 9.97 Å². The number of nitrogens with one attached hydrogen (secondary N) is 2. The van der Waals surface area contributed by atoms with Crippen LogP contribution in [0.15, 0.2) is 42.5 Å². The monoisotopic (exact) mass is 443 g/mol. The summed E-state index contributed by atoms with van der Waals surface area (Å²) in [6.45, 7) is 0.803. The minimum Gasteiger partial charge on any atom is -0.393 e. The second-order valence-corrected chi connectivity index (χ2v) is 8.10. The lowest BCUT2D eigenvalue weighted by Gasteiger charge is -2.27. The van der Waals surface area contributed by atoms with Gasteiger partial charge in [-0.3, -0.25) is 9.80 Å². The molecule has 1 amide bonds. The first-order chi connectivity index (χ1) is 15.3. The number of aromatic nitrogens is 2. The minimum atomic E-state index is -1.05. The second kappa shape index (κ2) is 7.45. The third-order valence-corrected chi connectivity index (χ3v) is 6.00. The molecular weight excluding hydrogens is 423 g/mol. The number of nitrogens with two attached hydrogens (primary N) is 2. The largest absolute Gasteiger partial charge is 0.393 e. The van der Waals surface area contributed by atoms with Gasteiger partial charge in [-0.15, -0.1) is 0 Å². The Morgan fingerprint density at radius 2 is 1.97 bits per heavy atom. The van der Waals surface area contributed by atoms with Gasteiger partial charge in [0.15, 0.2) is 23.3 Å². The van der Waals surface area contributed by atoms with E-state index in [1.165, 1.54) is 18.5 Å². The van der Waals surface area contributed by atoms with E-state index < -0.39 is 23.4 Å². The summed E-state index contributed by atoms with van der Waals surface area (Å²) in [6, 6.07) is 3.52. The molecule has 2 bridgehead atoms. The van der Waals surface area contributed by atoms with Crippen molar-refractivity contribution in [3.8, 4) is 0 Å². The highest BCUT2D eigenvalue weighted by molar-refractivity contribution is 6.08. The first-order valence-corrected chi connectivity index (χ1v) is 10.0. The van der Waals surface area contributed by atoms with Gasteiger partial charge in [-0.1, -0.05) is 0 Å². The summed E-state index contributed by atoms with van der Waals surface area (Å²) in [6.07, 6.45) is 6.05. The molecule has 11 heteroatoms. The van der Waals surface area contributed by atoms with Gasteiger partial charge >= 0.3 is 0 Å². The van der Waals surface area contributed by atoms with Crippen LogP contribution in [0.1, 0.15) is 12.8 Å². The molecule has 3 aromatic rings. The van der Waals surface area contributed by atoms with Crippen LogP contribution in [0.25, 0.3) is 10.9 Å². The van der Waals surface area contributed by atoms with Gasteiger partial charge in [0.25, 0.3) is 5.91 Å². The molecule has 32 heavy (non-hydrogen) atoms. The molecular formula is C21H20F3N7O. The van der Waals surface area contributed by atoms with Crippen molar-refractivity contribution in [2.45, 2.75) is 18.9 Å². The number of benzene rings is 1. The van der Waals surface area contributed by atoms with E-state index in [1.54, 1.807) is 0 Å². The summed E-state index contributed by atoms with van der Waals surface area (Å²) in [5, 5.41) is 3.77. The summed E-state index contributed by atoms with van der Waals surface area (Å²) in [5.74, 6) is 3.54. The Morgan fingerprint density at radius 3 is 2.66 bits per heavy atom. The van der Waals surface area contributed by atoms with Crippen molar-refractivity contribution < 1.29 is 18.0 Å². The third kappa shape index (κ3) is 3.40. The van der Waals surface area contributed by atoms with E-state index in [0.29, 0.717) is 23.3 Å². The number of anilines is 3. The predicted octanol–water partition coefficient (Wildman–Crippen LogP) is 2.70. The van der Waals surface area contributed by atoms with Crippen molar-refractivity contribution in [1.29, 1.82) is 0 Å².